The number of halogens is 3. The van der Waals surface area contributed by atoms with Gasteiger partial charge in [0.05, 0.1) is 19.8 Å². The number of amides is 2. The number of carbonyl (C=O) groups excluding carboxylic acids is 1. The molecule has 196 valence electrons. The van der Waals surface area contributed by atoms with E-state index in [0.717, 1.165) is 22.5 Å². The minimum absolute atomic E-state index is 0.0862. The van der Waals surface area contributed by atoms with Crippen molar-refractivity contribution in [1.82, 2.24) is 9.88 Å². The molecule has 36 heavy (non-hydrogen) atoms. The third kappa shape index (κ3) is 6.79. The normalized spacial score (nSPS) is 18.4. The number of aliphatic hydroxyl groups excluding tert-OH is 1. The molecule has 2 aliphatic rings. The van der Waals surface area contributed by atoms with Crippen LogP contribution in [0.25, 0.3) is 11.1 Å². The minimum atomic E-state index is -4.23. The van der Waals surface area contributed by atoms with E-state index in [4.69, 9.17) is 9.47 Å². The van der Waals surface area contributed by atoms with E-state index in [2.05, 4.69) is 15.2 Å². The predicted octanol–water partition coefficient (Wildman–Crippen LogP) is 4.07. The Hall–Kier alpha value is -3.05. The van der Waals surface area contributed by atoms with Gasteiger partial charge in [-0.05, 0) is 54.2 Å². The minimum Gasteiger partial charge on any atom is -0.475 e. The molecule has 0 unspecified atom stereocenters. The van der Waals surface area contributed by atoms with Gasteiger partial charge in [0.15, 0.2) is 0 Å². The Morgan fingerprint density at radius 1 is 1.22 bits per heavy atom. The van der Waals surface area contributed by atoms with E-state index in [1.807, 2.05) is 25.1 Å². The SMILES string of the molecule is Cc1ccc(NC(=O)N2CC[C@@H](CC(F)(F)F)C2)cc1-c1cc(OCCO)nc(N2CCOCC2)c1. The number of aliphatic hydroxyl groups is 1. The van der Waals surface area contributed by atoms with Gasteiger partial charge in [-0.3, -0.25) is 0 Å². The number of nitrogens with zero attached hydrogens (tertiary/aromatic N) is 3. The first-order valence-electron chi connectivity index (χ1n) is 12.0. The molecule has 8 nitrogen and oxygen atoms in total. The molecule has 0 radical (unpaired) electrons. The highest BCUT2D eigenvalue weighted by Gasteiger charge is 2.36. The van der Waals surface area contributed by atoms with Crippen LogP contribution in [0, 0.1) is 12.8 Å². The number of benzene rings is 1. The van der Waals surface area contributed by atoms with Gasteiger partial charge < -0.3 is 29.7 Å². The number of hydrogen-bond acceptors (Lipinski definition) is 6. The molecule has 1 aromatic heterocycles. The zero-order valence-electron chi connectivity index (χ0n) is 20.2. The summed E-state index contributed by atoms with van der Waals surface area (Å²) < 4.78 is 49.2. The number of alkyl halides is 3. The van der Waals surface area contributed by atoms with Crippen LogP contribution in [0.3, 0.4) is 0 Å². The summed E-state index contributed by atoms with van der Waals surface area (Å²) in [5.41, 5.74) is 3.20. The van der Waals surface area contributed by atoms with Crippen molar-refractivity contribution in [2.45, 2.75) is 25.9 Å². The summed E-state index contributed by atoms with van der Waals surface area (Å²) in [6.45, 7) is 4.88. The van der Waals surface area contributed by atoms with E-state index in [1.165, 1.54) is 4.90 Å². The van der Waals surface area contributed by atoms with Crippen LogP contribution in [-0.4, -0.2) is 79.8 Å². The van der Waals surface area contributed by atoms with E-state index in [-0.39, 0.29) is 19.8 Å². The Morgan fingerprint density at radius 3 is 2.72 bits per heavy atom. The lowest BCUT2D eigenvalue weighted by atomic mass is 10.0. The zero-order valence-corrected chi connectivity index (χ0v) is 20.2. The summed E-state index contributed by atoms with van der Waals surface area (Å²) in [6.07, 6.45) is -4.77. The van der Waals surface area contributed by atoms with Crippen LogP contribution in [0.5, 0.6) is 5.88 Å². The molecule has 0 saturated carbocycles. The molecule has 3 heterocycles. The van der Waals surface area contributed by atoms with Crippen LogP contribution < -0.4 is 15.0 Å². The van der Waals surface area contributed by atoms with Crippen LogP contribution in [0.4, 0.5) is 29.5 Å². The number of likely N-dealkylation sites (tertiary alicyclic amines) is 1. The molecule has 2 aromatic rings. The lowest BCUT2D eigenvalue weighted by Crippen LogP contribution is -2.36. The van der Waals surface area contributed by atoms with Crippen LogP contribution in [-0.2, 0) is 4.74 Å². The number of hydrogen-bond donors (Lipinski definition) is 2. The van der Waals surface area contributed by atoms with Crippen LogP contribution in [0.15, 0.2) is 30.3 Å². The number of carbonyl (C=O) groups is 1. The average molecular weight is 509 g/mol. The van der Waals surface area contributed by atoms with Gasteiger partial charge in [-0.15, -0.1) is 0 Å². The highest BCUT2D eigenvalue weighted by Crippen LogP contribution is 2.33. The van der Waals surface area contributed by atoms with Gasteiger partial charge in [0.2, 0.25) is 5.88 Å². The molecule has 1 atom stereocenters. The van der Waals surface area contributed by atoms with E-state index in [0.29, 0.717) is 50.8 Å². The number of morpholine rings is 1. The Kier molecular flexibility index (Phi) is 8.20. The van der Waals surface area contributed by atoms with Crippen molar-refractivity contribution in [3.05, 3.63) is 35.9 Å². The fourth-order valence-corrected chi connectivity index (χ4v) is 4.55. The second-order valence-electron chi connectivity index (χ2n) is 9.10. The second kappa shape index (κ2) is 11.3. The Balaban J connectivity index is 1.53. The predicted molar refractivity (Wildman–Crippen MR) is 129 cm³/mol. The maximum atomic E-state index is 12.8. The molecule has 2 fully saturated rings. The lowest BCUT2D eigenvalue weighted by Gasteiger charge is -2.28. The molecule has 0 spiro atoms. The summed E-state index contributed by atoms with van der Waals surface area (Å²) >= 11 is 0. The number of nitrogens with one attached hydrogen (secondary N) is 1. The van der Waals surface area contributed by atoms with E-state index in [1.54, 1.807) is 12.1 Å². The average Bonchev–Trinajstić information content (AvgIpc) is 3.31. The number of aryl methyl sites for hydroxylation is 1. The third-order valence-electron chi connectivity index (χ3n) is 6.36. The largest absolute Gasteiger partial charge is 0.475 e. The quantitative estimate of drug-likeness (QED) is 0.587. The van der Waals surface area contributed by atoms with Gasteiger partial charge in [-0.2, -0.15) is 18.2 Å². The topological polar surface area (TPSA) is 87.2 Å². The highest BCUT2D eigenvalue weighted by atomic mass is 19.4. The third-order valence-corrected chi connectivity index (χ3v) is 6.36. The molecular weight excluding hydrogens is 477 g/mol. The van der Waals surface area contributed by atoms with Gasteiger partial charge in [-0.25, -0.2) is 4.79 Å². The fourth-order valence-electron chi connectivity index (χ4n) is 4.55. The zero-order chi connectivity index (χ0) is 25.7. The van der Waals surface area contributed by atoms with Gasteiger partial charge >= 0.3 is 12.2 Å². The molecule has 2 aliphatic heterocycles. The van der Waals surface area contributed by atoms with E-state index >= 15 is 0 Å². The number of urea groups is 1. The van der Waals surface area contributed by atoms with Gasteiger partial charge in [-0.1, -0.05) is 6.07 Å². The monoisotopic (exact) mass is 508 g/mol. The summed E-state index contributed by atoms with van der Waals surface area (Å²) in [6, 6.07) is 8.82. The highest BCUT2D eigenvalue weighted by molar-refractivity contribution is 5.90. The lowest BCUT2D eigenvalue weighted by molar-refractivity contribution is -0.143. The van der Waals surface area contributed by atoms with E-state index < -0.39 is 24.5 Å². The van der Waals surface area contributed by atoms with Gasteiger partial charge in [0.1, 0.15) is 12.4 Å². The Morgan fingerprint density at radius 2 is 2.00 bits per heavy atom. The molecule has 0 aliphatic carbocycles. The van der Waals surface area contributed by atoms with Crippen molar-refractivity contribution in [3.63, 3.8) is 0 Å². The molecule has 0 bridgehead atoms. The summed E-state index contributed by atoms with van der Waals surface area (Å²) in [5.74, 6) is 0.534. The van der Waals surface area contributed by atoms with Crippen LogP contribution >= 0.6 is 0 Å². The number of anilines is 2. The summed E-state index contributed by atoms with van der Waals surface area (Å²) in [7, 11) is 0. The Labute approximate surface area is 208 Å². The molecule has 4 rings (SSSR count). The molecule has 2 N–H and O–H groups in total. The second-order valence-corrected chi connectivity index (χ2v) is 9.10. The van der Waals surface area contributed by atoms with Gasteiger partial charge in [0, 0.05) is 44.4 Å². The van der Waals surface area contributed by atoms with E-state index in [9.17, 15) is 23.1 Å². The maximum absolute atomic E-state index is 12.8. The first-order valence-corrected chi connectivity index (χ1v) is 12.0. The van der Waals surface area contributed by atoms with Crippen molar-refractivity contribution < 1.29 is 32.5 Å². The van der Waals surface area contributed by atoms with Crippen molar-refractivity contribution >= 4 is 17.5 Å². The van der Waals surface area contributed by atoms with Crippen molar-refractivity contribution in [2.24, 2.45) is 5.92 Å². The number of pyridine rings is 1. The number of rotatable bonds is 7. The number of aromatic nitrogens is 1. The molecule has 11 heteroatoms. The van der Waals surface area contributed by atoms with Gasteiger partial charge in [0.25, 0.3) is 0 Å². The molecule has 2 amide bonds. The smallest absolute Gasteiger partial charge is 0.389 e. The first kappa shape index (κ1) is 26.0. The van der Waals surface area contributed by atoms with Crippen LogP contribution in [0.2, 0.25) is 0 Å². The standard InChI is InChI=1S/C25H31F3N4O4/c1-17-2-3-20(29-24(34)32-5-4-18(16-32)15-25(26,27)28)14-21(17)19-12-22(31-6-9-35-10-7-31)30-23(13-19)36-11-8-33/h2-3,12-14,18,33H,4-11,15-16H2,1H3,(H,29,34)/t18-/m0/s1. The first-order chi connectivity index (χ1) is 17.2. The Bertz CT molecular complexity index is 1060. The summed E-state index contributed by atoms with van der Waals surface area (Å²) in [4.78, 5) is 20.9. The summed E-state index contributed by atoms with van der Waals surface area (Å²) in [5, 5.41) is 12.0. The number of ether oxygens (including phenoxy) is 2. The molecule has 1 aromatic carbocycles. The fraction of sp³-hybridized carbons (Fsp3) is 0.520. The molecular formula is C25H31F3N4O4. The van der Waals surface area contributed by atoms with Crippen molar-refractivity contribution in [1.29, 1.82) is 0 Å². The van der Waals surface area contributed by atoms with Crippen molar-refractivity contribution in [2.75, 3.05) is 62.8 Å². The molecule has 2 saturated heterocycles. The maximum Gasteiger partial charge on any atom is 0.389 e. The van der Waals surface area contributed by atoms with Crippen LogP contribution in [0.1, 0.15) is 18.4 Å². The van der Waals surface area contributed by atoms with Crippen molar-refractivity contribution in [3.8, 4) is 17.0 Å².